The van der Waals surface area contributed by atoms with Crippen molar-refractivity contribution in [3.8, 4) is 0 Å². The Bertz CT molecular complexity index is 1020. The molecule has 0 radical (unpaired) electrons. The number of pyridine rings is 2. The van der Waals surface area contributed by atoms with Crippen LogP contribution in [-0.2, 0) is 4.79 Å². The van der Waals surface area contributed by atoms with Crippen LogP contribution in [0, 0.1) is 20.8 Å². The van der Waals surface area contributed by atoms with Crippen LogP contribution in [0.1, 0.15) is 40.7 Å². The quantitative estimate of drug-likeness (QED) is 0.595. The van der Waals surface area contributed by atoms with Gasteiger partial charge in [-0.25, -0.2) is 9.97 Å². The molecule has 4 heterocycles. The second kappa shape index (κ2) is 9.53. The molecule has 0 bridgehead atoms. The highest BCUT2D eigenvalue weighted by atomic mass is 32.1. The zero-order valence-corrected chi connectivity index (χ0v) is 19.0. The number of carbonyl (C=O) groups excluding carboxylic acids is 1. The predicted octanol–water partition coefficient (Wildman–Crippen LogP) is 4.42. The van der Waals surface area contributed by atoms with Crippen molar-refractivity contribution < 1.29 is 4.79 Å². The molecule has 0 unspecified atom stereocenters. The van der Waals surface area contributed by atoms with Gasteiger partial charge in [0.15, 0.2) is 5.13 Å². The highest BCUT2D eigenvalue weighted by Crippen LogP contribution is 2.29. The summed E-state index contributed by atoms with van der Waals surface area (Å²) in [5.41, 5.74) is 4.09. The van der Waals surface area contributed by atoms with E-state index >= 15 is 0 Å². The first-order valence-corrected chi connectivity index (χ1v) is 11.4. The van der Waals surface area contributed by atoms with Gasteiger partial charge in [0.2, 0.25) is 5.91 Å². The molecule has 0 atom stereocenters. The third-order valence-corrected chi connectivity index (χ3v) is 6.55. The zero-order valence-electron chi connectivity index (χ0n) is 18.2. The van der Waals surface area contributed by atoms with E-state index < -0.39 is 0 Å². The van der Waals surface area contributed by atoms with Crippen molar-refractivity contribution in [3.63, 3.8) is 0 Å². The summed E-state index contributed by atoms with van der Waals surface area (Å²) in [5.74, 6) is 1.22. The number of hydrogen-bond acceptors (Lipinski definition) is 7. The van der Waals surface area contributed by atoms with Crippen LogP contribution in [-0.4, -0.2) is 45.4 Å². The average Bonchev–Trinajstić information content (AvgIpc) is 3.05. The Labute approximate surface area is 187 Å². The number of likely N-dealkylation sites (tertiary alicyclic amines) is 1. The van der Waals surface area contributed by atoms with Gasteiger partial charge < -0.3 is 10.6 Å². The molecule has 1 aliphatic rings. The van der Waals surface area contributed by atoms with E-state index in [0.29, 0.717) is 17.6 Å². The van der Waals surface area contributed by atoms with Gasteiger partial charge in [0.25, 0.3) is 0 Å². The van der Waals surface area contributed by atoms with Crippen molar-refractivity contribution in [1.82, 2.24) is 19.9 Å². The fourth-order valence-electron chi connectivity index (χ4n) is 3.84. The Kier molecular flexibility index (Phi) is 6.58. The summed E-state index contributed by atoms with van der Waals surface area (Å²) in [5, 5.41) is 6.99. The molecule has 3 aromatic heterocycles. The van der Waals surface area contributed by atoms with Gasteiger partial charge in [-0.1, -0.05) is 6.07 Å². The Morgan fingerprint density at radius 3 is 2.65 bits per heavy atom. The van der Waals surface area contributed by atoms with E-state index in [9.17, 15) is 4.79 Å². The smallest absolute Gasteiger partial charge is 0.240 e. The Balaban J connectivity index is 1.32. The van der Waals surface area contributed by atoms with E-state index in [0.717, 1.165) is 59.4 Å². The van der Waals surface area contributed by atoms with Gasteiger partial charge in [-0.05, 0) is 71.0 Å². The van der Waals surface area contributed by atoms with Crippen LogP contribution in [0.4, 0.5) is 16.6 Å². The third-order valence-electron chi connectivity index (χ3n) is 5.56. The SMILES string of the molecule is Cc1cc(Nc2ccccn2)cc(C2CCN(CC(=O)Nc3nc(C)c(C)s3)CC2)n1. The van der Waals surface area contributed by atoms with Crippen molar-refractivity contribution in [1.29, 1.82) is 0 Å². The molecule has 0 saturated carbocycles. The number of hydrogen-bond donors (Lipinski definition) is 2. The van der Waals surface area contributed by atoms with Crippen LogP contribution in [0.15, 0.2) is 36.5 Å². The maximum atomic E-state index is 12.4. The van der Waals surface area contributed by atoms with Crippen LogP contribution < -0.4 is 10.6 Å². The van der Waals surface area contributed by atoms with Crippen LogP contribution in [0.5, 0.6) is 0 Å². The molecule has 162 valence electrons. The van der Waals surface area contributed by atoms with E-state index in [2.05, 4.69) is 31.6 Å². The van der Waals surface area contributed by atoms with Gasteiger partial charge in [0.05, 0.1) is 12.2 Å². The summed E-state index contributed by atoms with van der Waals surface area (Å²) in [7, 11) is 0. The molecule has 8 heteroatoms. The van der Waals surface area contributed by atoms with Crippen molar-refractivity contribution in [2.75, 3.05) is 30.3 Å². The lowest BCUT2D eigenvalue weighted by molar-refractivity contribution is -0.117. The highest BCUT2D eigenvalue weighted by molar-refractivity contribution is 7.15. The third kappa shape index (κ3) is 5.65. The number of carbonyl (C=O) groups is 1. The molecule has 1 fully saturated rings. The van der Waals surface area contributed by atoms with Crippen molar-refractivity contribution in [2.24, 2.45) is 0 Å². The fourth-order valence-corrected chi connectivity index (χ4v) is 4.67. The Morgan fingerprint density at radius 1 is 1.16 bits per heavy atom. The number of nitrogens with one attached hydrogen (secondary N) is 2. The molecule has 0 aliphatic carbocycles. The molecule has 1 amide bonds. The van der Waals surface area contributed by atoms with Crippen LogP contribution in [0.2, 0.25) is 0 Å². The number of aromatic nitrogens is 3. The second-order valence-corrected chi connectivity index (χ2v) is 9.22. The molecule has 0 spiro atoms. The van der Waals surface area contributed by atoms with Gasteiger partial charge in [-0.3, -0.25) is 14.7 Å². The molecule has 0 aromatic carbocycles. The van der Waals surface area contributed by atoms with Gasteiger partial charge in [-0.2, -0.15) is 0 Å². The monoisotopic (exact) mass is 436 g/mol. The van der Waals surface area contributed by atoms with E-state index in [4.69, 9.17) is 4.98 Å². The van der Waals surface area contributed by atoms with Gasteiger partial charge >= 0.3 is 0 Å². The normalized spacial score (nSPS) is 15.1. The molecule has 4 rings (SSSR count). The molecular weight excluding hydrogens is 408 g/mol. The second-order valence-electron chi connectivity index (χ2n) is 8.02. The van der Waals surface area contributed by atoms with E-state index in [-0.39, 0.29) is 5.91 Å². The summed E-state index contributed by atoms with van der Waals surface area (Å²) in [6, 6.07) is 9.99. The highest BCUT2D eigenvalue weighted by Gasteiger charge is 2.24. The average molecular weight is 437 g/mol. The Hall–Kier alpha value is -2.84. The number of amides is 1. The van der Waals surface area contributed by atoms with Crippen LogP contribution in [0.3, 0.4) is 0 Å². The predicted molar refractivity (Wildman–Crippen MR) is 125 cm³/mol. The summed E-state index contributed by atoms with van der Waals surface area (Å²) >= 11 is 1.53. The number of piperidine rings is 1. The minimum Gasteiger partial charge on any atom is -0.340 e. The van der Waals surface area contributed by atoms with Gasteiger partial charge in [-0.15, -0.1) is 11.3 Å². The summed E-state index contributed by atoms with van der Waals surface area (Å²) in [4.78, 5) is 29.3. The lowest BCUT2D eigenvalue weighted by Gasteiger charge is -2.31. The lowest BCUT2D eigenvalue weighted by Crippen LogP contribution is -2.38. The van der Waals surface area contributed by atoms with E-state index in [1.807, 2.05) is 45.0 Å². The van der Waals surface area contributed by atoms with Gasteiger partial charge in [0, 0.05) is 34.1 Å². The molecule has 1 aliphatic heterocycles. The minimum atomic E-state index is 0.00253. The molecule has 1 saturated heterocycles. The molecule has 7 nitrogen and oxygen atoms in total. The maximum absolute atomic E-state index is 12.4. The van der Waals surface area contributed by atoms with Crippen LogP contribution in [0.25, 0.3) is 0 Å². The topological polar surface area (TPSA) is 83.0 Å². The zero-order chi connectivity index (χ0) is 21.8. The number of rotatable bonds is 6. The summed E-state index contributed by atoms with van der Waals surface area (Å²) in [6.07, 6.45) is 3.75. The molecule has 3 aromatic rings. The number of thiazole rings is 1. The largest absolute Gasteiger partial charge is 0.340 e. The maximum Gasteiger partial charge on any atom is 0.240 e. The Morgan fingerprint density at radius 2 is 1.97 bits per heavy atom. The van der Waals surface area contributed by atoms with E-state index in [1.165, 1.54) is 11.3 Å². The first kappa shape index (κ1) is 21.4. The minimum absolute atomic E-state index is 0.00253. The van der Waals surface area contributed by atoms with Gasteiger partial charge in [0.1, 0.15) is 5.82 Å². The van der Waals surface area contributed by atoms with Crippen molar-refractivity contribution >= 4 is 33.9 Å². The van der Waals surface area contributed by atoms with Crippen LogP contribution >= 0.6 is 11.3 Å². The summed E-state index contributed by atoms with van der Waals surface area (Å²) < 4.78 is 0. The first-order chi connectivity index (χ1) is 15.0. The molecule has 2 N–H and O–H groups in total. The summed E-state index contributed by atoms with van der Waals surface area (Å²) in [6.45, 7) is 8.17. The van der Waals surface area contributed by atoms with Crippen molar-refractivity contribution in [2.45, 2.75) is 39.5 Å². The standard InChI is InChI=1S/C23H28N6OS/c1-15-12-19(27-21-6-4-5-9-24-21)13-20(25-15)18-7-10-29(11-8-18)14-22(30)28-23-26-16(2)17(3)31-23/h4-6,9,12-13,18H,7-8,10-11,14H2,1-3H3,(H,24,25,27)(H,26,28,30). The fraction of sp³-hybridized carbons (Fsp3) is 0.391. The molecular formula is C23H28N6OS. The number of aryl methyl sites for hydroxylation is 3. The first-order valence-electron chi connectivity index (χ1n) is 10.6. The number of anilines is 3. The lowest BCUT2D eigenvalue weighted by atomic mass is 9.92. The van der Waals surface area contributed by atoms with E-state index in [1.54, 1.807) is 6.20 Å². The molecule has 31 heavy (non-hydrogen) atoms. The number of nitrogens with zero attached hydrogens (tertiary/aromatic N) is 4. The van der Waals surface area contributed by atoms with Crippen molar-refractivity contribution in [3.05, 3.63) is 58.5 Å².